The van der Waals surface area contributed by atoms with Crippen molar-refractivity contribution in [2.24, 2.45) is 5.73 Å². The Kier molecular flexibility index (Phi) is 9.12. The van der Waals surface area contributed by atoms with Crippen molar-refractivity contribution in [3.05, 3.63) is 0 Å². The van der Waals surface area contributed by atoms with Crippen molar-refractivity contribution in [2.75, 3.05) is 26.4 Å². The normalized spacial score (nSPS) is 20.0. The van der Waals surface area contributed by atoms with Crippen molar-refractivity contribution in [1.82, 2.24) is 0 Å². The highest BCUT2D eigenvalue weighted by Gasteiger charge is 2.58. The Hall–Kier alpha value is 0.0169. The van der Waals surface area contributed by atoms with Gasteiger partial charge in [0.15, 0.2) is 0 Å². The van der Waals surface area contributed by atoms with Gasteiger partial charge in [0, 0.05) is 26.2 Å². The zero-order chi connectivity index (χ0) is 16.5. The topological polar surface area (TPSA) is 73.9 Å². The first-order chi connectivity index (χ1) is 10.6. The van der Waals surface area contributed by atoms with Gasteiger partial charge in [-0.3, -0.25) is 0 Å². The highest BCUT2D eigenvalue weighted by atomic mass is 28.3. The van der Waals surface area contributed by atoms with Crippen molar-refractivity contribution in [1.29, 1.82) is 0 Å². The summed E-state index contributed by atoms with van der Waals surface area (Å²) in [6.45, 7) is 7.81. The summed E-state index contributed by atoms with van der Waals surface area (Å²) in [6, 6.07) is 2.27. The SMILES string of the molecule is CCOC(O)(CCCN)C(OCC)(OCC)[SiH]1CCCCC1. The van der Waals surface area contributed by atoms with Crippen LogP contribution in [0.25, 0.3) is 0 Å². The van der Waals surface area contributed by atoms with Crippen LogP contribution in [0.4, 0.5) is 0 Å². The van der Waals surface area contributed by atoms with Crippen LogP contribution < -0.4 is 5.73 Å². The highest BCUT2D eigenvalue weighted by molar-refractivity contribution is 6.62. The Morgan fingerprint density at radius 3 is 1.95 bits per heavy atom. The first kappa shape index (κ1) is 20.1. The zero-order valence-corrected chi connectivity index (χ0v) is 15.8. The van der Waals surface area contributed by atoms with Crippen molar-refractivity contribution in [3.8, 4) is 0 Å². The van der Waals surface area contributed by atoms with Crippen LogP contribution in [0.5, 0.6) is 0 Å². The fraction of sp³-hybridized carbons (Fsp3) is 1.00. The lowest BCUT2D eigenvalue weighted by Crippen LogP contribution is -2.68. The number of nitrogens with two attached hydrogens (primary N) is 1. The number of hydrogen-bond acceptors (Lipinski definition) is 5. The van der Waals surface area contributed by atoms with E-state index in [0.717, 1.165) is 12.1 Å². The average Bonchev–Trinajstić information content (AvgIpc) is 2.53. The standard InChI is InChI=1S/C16H35NO4Si/c1-4-19-15(18,11-10-12-17)16(20-5-2,21-6-3)22-13-8-7-9-14-22/h18,22H,4-14,17H2,1-3H3. The lowest BCUT2D eigenvalue weighted by Gasteiger charge is -2.50. The molecule has 0 spiro atoms. The number of hydrogen-bond donors (Lipinski definition) is 2. The van der Waals surface area contributed by atoms with Gasteiger partial charge in [0.05, 0.1) is 0 Å². The van der Waals surface area contributed by atoms with Crippen LogP contribution in [0.15, 0.2) is 0 Å². The van der Waals surface area contributed by atoms with Gasteiger partial charge >= 0.3 is 0 Å². The van der Waals surface area contributed by atoms with Gasteiger partial charge < -0.3 is 25.1 Å². The molecule has 1 heterocycles. The molecule has 0 radical (unpaired) electrons. The minimum atomic E-state index is -1.47. The number of rotatable bonds is 11. The summed E-state index contributed by atoms with van der Waals surface area (Å²) in [5.41, 5.74) is 4.71. The molecule has 0 aromatic heterocycles. The third-order valence-corrected chi connectivity index (χ3v) is 8.58. The molecule has 22 heavy (non-hydrogen) atoms. The summed E-state index contributed by atoms with van der Waals surface area (Å²) in [4.78, 5) is 0. The molecule has 132 valence electrons. The predicted molar refractivity (Wildman–Crippen MR) is 91.5 cm³/mol. The molecule has 1 atom stereocenters. The molecule has 1 fully saturated rings. The average molecular weight is 334 g/mol. The van der Waals surface area contributed by atoms with Gasteiger partial charge in [-0.15, -0.1) is 0 Å². The zero-order valence-electron chi connectivity index (χ0n) is 14.6. The maximum atomic E-state index is 11.4. The minimum absolute atomic E-state index is 0.435. The molecule has 6 heteroatoms. The Labute approximate surface area is 137 Å². The molecule has 0 aromatic rings. The fourth-order valence-electron chi connectivity index (χ4n) is 3.66. The van der Waals surface area contributed by atoms with E-state index in [-0.39, 0.29) is 0 Å². The molecule has 0 aliphatic carbocycles. The van der Waals surface area contributed by atoms with Crippen LogP contribution in [-0.2, 0) is 14.2 Å². The highest BCUT2D eigenvalue weighted by Crippen LogP contribution is 2.41. The van der Waals surface area contributed by atoms with E-state index in [2.05, 4.69) is 0 Å². The van der Waals surface area contributed by atoms with Crippen LogP contribution in [0.3, 0.4) is 0 Å². The predicted octanol–water partition coefficient (Wildman–Crippen LogP) is 2.17. The first-order valence-electron chi connectivity index (χ1n) is 8.94. The summed E-state index contributed by atoms with van der Waals surface area (Å²) < 4.78 is 18.1. The van der Waals surface area contributed by atoms with E-state index in [1.54, 1.807) is 0 Å². The molecule has 1 saturated heterocycles. The molecule has 5 nitrogen and oxygen atoms in total. The van der Waals surface area contributed by atoms with Gasteiger partial charge in [0.2, 0.25) is 11.2 Å². The fourth-order valence-corrected chi connectivity index (χ4v) is 7.94. The molecule has 1 unspecified atom stereocenters. The van der Waals surface area contributed by atoms with Crippen molar-refractivity contribution in [3.63, 3.8) is 0 Å². The van der Waals surface area contributed by atoms with Gasteiger partial charge in [-0.25, -0.2) is 0 Å². The smallest absolute Gasteiger partial charge is 0.216 e. The summed E-state index contributed by atoms with van der Waals surface area (Å²) in [6.07, 6.45) is 4.84. The Balaban J connectivity index is 3.15. The molecule has 1 aliphatic rings. The van der Waals surface area contributed by atoms with Crippen LogP contribution in [0.2, 0.25) is 12.1 Å². The third-order valence-electron chi connectivity index (χ3n) is 4.51. The summed E-state index contributed by atoms with van der Waals surface area (Å²) >= 11 is 0. The number of aliphatic hydroxyl groups is 1. The monoisotopic (exact) mass is 333 g/mol. The second-order valence-electron chi connectivity index (χ2n) is 5.98. The van der Waals surface area contributed by atoms with E-state index in [0.29, 0.717) is 39.2 Å². The Morgan fingerprint density at radius 1 is 0.955 bits per heavy atom. The van der Waals surface area contributed by atoms with Crippen LogP contribution in [0.1, 0.15) is 52.9 Å². The second kappa shape index (κ2) is 10.0. The quantitative estimate of drug-likeness (QED) is 0.448. The van der Waals surface area contributed by atoms with Crippen molar-refractivity contribution >= 4 is 8.80 Å². The summed E-state index contributed by atoms with van der Waals surface area (Å²) in [7, 11) is -1.47. The number of ether oxygens (including phenoxy) is 3. The molecular weight excluding hydrogens is 298 g/mol. The third kappa shape index (κ3) is 4.52. The summed E-state index contributed by atoms with van der Waals surface area (Å²) in [5.74, 6) is -1.39. The molecule has 3 N–H and O–H groups in total. The molecular formula is C16H35NO4Si. The van der Waals surface area contributed by atoms with Crippen molar-refractivity contribution < 1.29 is 19.3 Å². The lowest BCUT2D eigenvalue weighted by molar-refractivity contribution is -0.364. The van der Waals surface area contributed by atoms with E-state index in [1.807, 2.05) is 20.8 Å². The van der Waals surface area contributed by atoms with Gasteiger partial charge in [-0.1, -0.05) is 31.4 Å². The lowest BCUT2D eigenvalue weighted by atomic mass is 10.1. The molecule has 0 amide bonds. The molecule has 0 bridgehead atoms. The van der Waals surface area contributed by atoms with Gasteiger partial charge in [0.25, 0.3) is 0 Å². The van der Waals surface area contributed by atoms with Crippen molar-refractivity contribution in [2.45, 2.75) is 76.2 Å². The van der Waals surface area contributed by atoms with E-state index in [9.17, 15) is 5.11 Å². The van der Waals surface area contributed by atoms with E-state index >= 15 is 0 Å². The van der Waals surface area contributed by atoms with Crippen LogP contribution >= 0.6 is 0 Å². The molecule has 1 aliphatic heterocycles. The molecule has 1 rings (SSSR count). The first-order valence-corrected chi connectivity index (χ1v) is 11.2. The maximum absolute atomic E-state index is 11.4. The van der Waals surface area contributed by atoms with Gasteiger partial charge in [-0.05, 0) is 33.7 Å². The van der Waals surface area contributed by atoms with E-state index < -0.39 is 20.0 Å². The largest absolute Gasteiger partial charge is 0.362 e. The Morgan fingerprint density at radius 2 is 1.50 bits per heavy atom. The van der Waals surface area contributed by atoms with Gasteiger partial charge in [0.1, 0.15) is 8.80 Å². The minimum Gasteiger partial charge on any atom is -0.362 e. The van der Waals surface area contributed by atoms with Gasteiger partial charge in [-0.2, -0.15) is 0 Å². The van der Waals surface area contributed by atoms with Crippen LogP contribution in [-0.4, -0.2) is 51.5 Å². The van der Waals surface area contributed by atoms with E-state index in [4.69, 9.17) is 19.9 Å². The molecule has 0 saturated carbocycles. The maximum Gasteiger partial charge on any atom is 0.216 e. The summed E-state index contributed by atoms with van der Waals surface area (Å²) in [5, 5.41) is 11.4. The van der Waals surface area contributed by atoms with Crippen LogP contribution in [0, 0.1) is 0 Å². The second-order valence-corrected chi connectivity index (χ2v) is 9.29. The molecule has 0 aromatic carbocycles. The van der Waals surface area contributed by atoms with E-state index in [1.165, 1.54) is 19.3 Å². The Bertz CT molecular complexity index is 294.